The number of rotatable bonds is 3. The molecule has 1 atom stereocenters. The van der Waals surface area contributed by atoms with Crippen LogP contribution in [-0.4, -0.2) is 9.13 Å². The van der Waals surface area contributed by atoms with Gasteiger partial charge in [-0.05, 0) is 151 Å². The second kappa shape index (κ2) is 11.1. The normalized spacial score (nSPS) is 17.8. The van der Waals surface area contributed by atoms with Crippen molar-refractivity contribution in [1.82, 2.24) is 9.13 Å². The zero-order valence-corrected chi connectivity index (χ0v) is 28.5. The van der Waals surface area contributed by atoms with Crippen LogP contribution in [0.2, 0.25) is 0 Å². The molecule has 0 amide bonds. The zero-order chi connectivity index (χ0) is 32.8. The maximum absolute atomic E-state index is 2.61. The van der Waals surface area contributed by atoms with E-state index in [2.05, 4.69) is 137 Å². The monoisotopic (exact) mass is 644 g/mol. The molecule has 5 aromatic carbocycles. The molecule has 4 aliphatic carbocycles. The van der Waals surface area contributed by atoms with Crippen molar-refractivity contribution in [2.75, 3.05) is 0 Å². The fraction of sp³-hybridized carbons (Fsp3) is 0.208. The summed E-state index contributed by atoms with van der Waals surface area (Å²) in [6, 6.07) is 36.5. The highest BCUT2D eigenvalue weighted by atomic mass is 15.0. The Labute approximate surface area is 293 Å². The quantitative estimate of drug-likeness (QED) is 0.181. The summed E-state index contributed by atoms with van der Waals surface area (Å²) >= 11 is 0. The number of benzene rings is 5. The molecule has 2 heterocycles. The molecule has 4 aliphatic rings. The average Bonchev–Trinajstić information content (AvgIpc) is 3.70. The molecule has 0 saturated carbocycles. The highest BCUT2D eigenvalue weighted by Gasteiger charge is 2.29. The van der Waals surface area contributed by atoms with Crippen molar-refractivity contribution < 1.29 is 0 Å². The predicted molar refractivity (Wildman–Crippen MR) is 211 cm³/mol. The molecule has 2 nitrogen and oxygen atoms in total. The van der Waals surface area contributed by atoms with E-state index >= 15 is 0 Å². The first kappa shape index (κ1) is 28.5. The van der Waals surface area contributed by atoms with Crippen LogP contribution in [0, 0.1) is 0 Å². The van der Waals surface area contributed by atoms with Gasteiger partial charge in [-0.3, -0.25) is 0 Å². The number of hydrogen-bond donors (Lipinski definition) is 0. The van der Waals surface area contributed by atoms with E-state index in [9.17, 15) is 0 Å². The van der Waals surface area contributed by atoms with Gasteiger partial charge in [0.2, 0.25) is 0 Å². The lowest BCUT2D eigenvalue weighted by Gasteiger charge is -2.30. The van der Waals surface area contributed by atoms with Crippen LogP contribution in [-0.2, 0) is 32.1 Å². The maximum atomic E-state index is 2.61. The molecule has 50 heavy (non-hydrogen) atoms. The minimum atomic E-state index is 0.504. The lowest BCUT2D eigenvalue weighted by Crippen LogP contribution is -2.15. The van der Waals surface area contributed by atoms with Gasteiger partial charge in [-0.1, -0.05) is 85.0 Å². The SMILES string of the molecule is C1=Cc2c3c(c4c(c2CC1)C=C(n1c2ccccc2c2cc(C5CCc6c(c7ccccc7n6-c6ccccc6)C5)ccc21)CC4)CCC=C3. The molecular weight excluding hydrogens is 605 g/mol. The fourth-order valence-electron chi connectivity index (χ4n) is 10.1. The molecule has 0 saturated heterocycles. The summed E-state index contributed by atoms with van der Waals surface area (Å²) < 4.78 is 5.13. The molecule has 2 aromatic heterocycles. The van der Waals surface area contributed by atoms with Crippen molar-refractivity contribution in [2.45, 2.75) is 63.7 Å². The summed E-state index contributed by atoms with van der Waals surface area (Å²) in [7, 11) is 0. The van der Waals surface area contributed by atoms with Crippen LogP contribution in [0.1, 0.15) is 81.8 Å². The summed E-state index contributed by atoms with van der Waals surface area (Å²) in [4.78, 5) is 0. The zero-order valence-electron chi connectivity index (χ0n) is 28.5. The number of nitrogens with zero attached hydrogens (tertiary/aromatic N) is 2. The first-order valence-electron chi connectivity index (χ1n) is 18.8. The summed E-state index contributed by atoms with van der Waals surface area (Å²) in [6.07, 6.45) is 22.3. The van der Waals surface area contributed by atoms with Crippen molar-refractivity contribution in [2.24, 2.45) is 0 Å². The van der Waals surface area contributed by atoms with Crippen LogP contribution in [0.25, 0.3) is 62.3 Å². The molecule has 7 aromatic rings. The summed E-state index contributed by atoms with van der Waals surface area (Å²) in [5.74, 6) is 0.504. The van der Waals surface area contributed by atoms with Crippen LogP contribution >= 0.6 is 0 Å². The fourth-order valence-corrected chi connectivity index (χ4v) is 10.1. The summed E-state index contributed by atoms with van der Waals surface area (Å²) in [5.41, 5.74) is 20.5. The Bertz CT molecular complexity index is 2620. The van der Waals surface area contributed by atoms with Crippen LogP contribution in [0.4, 0.5) is 0 Å². The molecule has 11 rings (SSSR count). The number of aromatic nitrogens is 2. The molecule has 242 valence electrons. The Hall–Kier alpha value is -5.34. The number of hydrogen-bond acceptors (Lipinski definition) is 0. The van der Waals surface area contributed by atoms with E-state index in [1.54, 1.807) is 16.7 Å². The van der Waals surface area contributed by atoms with Gasteiger partial charge in [0, 0.05) is 33.2 Å². The minimum Gasteiger partial charge on any atom is -0.313 e. The van der Waals surface area contributed by atoms with Crippen molar-refractivity contribution in [1.29, 1.82) is 0 Å². The number of fused-ring (bicyclic) bond motifs is 12. The van der Waals surface area contributed by atoms with Gasteiger partial charge in [0.1, 0.15) is 0 Å². The summed E-state index contributed by atoms with van der Waals surface area (Å²) in [5, 5.41) is 4.17. The van der Waals surface area contributed by atoms with Crippen molar-refractivity contribution >= 4 is 56.6 Å². The number of allylic oxidation sites excluding steroid dienone is 3. The van der Waals surface area contributed by atoms with E-state index in [0.29, 0.717) is 5.92 Å². The van der Waals surface area contributed by atoms with E-state index in [-0.39, 0.29) is 0 Å². The second-order valence-corrected chi connectivity index (χ2v) is 14.9. The lowest BCUT2D eigenvalue weighted by atomic mass is 9.76. The van der Waals surface area contributed by atoms with Crippen molar-refractivity contribution in [3.63, 3.8) is 0 Å². The lowest BCUT2D eigenvalue weighted by molar-refractivity contribution is 0.576. The van der Waals surface area contributed by atoms with Gasteiger partial charge in [0.25, 0.3) is 0 Å². The maximum Gasteiger partial charge on any atom is 0.0538 e. The van der Waals surface area contributed by atoms with Crippen LogP contribution < -0.4 is 0 Å². The Balaban J connectivity index is 1.03. The van der Waals surface area contributed by atoms with Crippen LogP contribution in [0.5, 0.6) is 0 Å². The molecule has 1 unspecified atom stereocenters. The highest BCUT2D eigenvalue weighted by molar-refractivity contribution is 6.11. The van der Waals surface area contributed by atoms with Gasteiger partial charge in [-0.2, -0.15) is 0 Å². The molecule has 0 radical (unpaired) electrons. The third-order valence-electron chi connectivity index (χ3n) is 12.3. The van der Waals surface area contributed by atoms with E-state index in [0.717, 1.165) is 44.9 Å². The molecule has 0 fully saturated rings. The third kappa shape index (κ3) is 4.14. The van der Waals surface area contributed by atoms with Gasteiger partial charge in [0.05, 0.1) is 16.6 Å². The van der Waals surface area contributed by atoms with E-state index < -0.39 is 0 Å². The van der Waals surface area contributed by atoms with Gasteiger partial charge >= 0.3 is 0 Å². The largest absolute Gasteiger partial charge is 0.313 e. The first-order valence-corrected chi connectivity index (χ1v) is 18.8. The molecular formula is C48H40N2. The second-order valence-electron chi connectivity index (χ2n) is 14.9. The van der Waals surface area contributed by atoms with Gasteiger partial charge in [0.15, 0.2) is 0 Å². The first-order chi connectivity index (χ1) is 24.8. The van der Waals surface area contributed by atoms with Gasteiger partial charge < -0.3 is 9.13 Å². The van der Waals surface area contributed by atoms with E-state index in [1.807, 2.05) is 0 Å². The molecule has 0 N–H and O–H groups in total. The van der Waals surface area contributed by atoms with Crippen molar-refractivity contribution in [3.05, 3.63) is 159 Å². The average molecular weight is 645 g/mol. The topological polar surface area (TPSA) is 9.86 Å². The number of para-hydroxylation sites is 3. The van der Waals surface area contributed by atoms with Crippen LogP contribution in [0.3, 0.4) is 0 Å². The Morgan fingerprint density at radius 3 is 2.02 bits per heavy atom. The Kier molecular flexibility index (Phi) is 6.32. The summed E-state index contributed by atoms with van der Waals surface area (Å²) in [6.45, 7) is 0. The standard InChI is InChI=1S/C48H40N2/c1-2-12-33(13-3-1)49-45-20-10-8-18-40(45)43-28-31(22-26-47(43)49)32-23-27-48-44(29-32)41-19-9-11-21-46(41)50(48)34-24-25-39-37-16-5-4-14-35(37)36-15-6-7-17-38(36)42(39)30-34/h1-4,6,8-15,18-21,23,27,29-31H,5,7,16-17,22,24-26,28H2. The van der Waals surface area contributed by atoms with Gasteiger partial charge in [-0.15, -0.1) is 0 Å². The Morgan fingerprint density at radius 2 is 1.18 bits per heavy atom. The predicted octanol–water partition coefficient (Wildman–Crippen LogP) is 11.9. The minimum absolute atomic E-state index is 0.504. The molecule has 2 heteroatoms. The van der Waals surface area contributed by atoms with Crippen LogP contribution in [0.15, 0.2) is 109 Å². The molecule has 0 aliphatic heterocycles. The smallest absolute Gasteiger partial charge is 0.0538 e. The van der Waals surface area contributed by atoms with Gasteiger partial charge in [-0.25, -0.2) is 0 Å². The van der Waals surface area contributed by atoms with E-state index in [1.165, 1.54) is 90.4 Å². The molecule has 0 bridgehead atoms. The van der Waals surface area contributed by atoms with Crippen molar-refractivity contribution in [3.8, 4) is 5.69 Å². The van der Waals surface area contributed by atoms with E-state index in [4.69, 9.17) is 0 Å². The third-order valence-corrected chi connectivity index (χ3v) is 12.3. The Morgan fingerprint density at radius 1 is 0.500 bits per heavy atom. The molecule has 0 spiro atoms. The highest BCUT2D eigenvalue weighted by Crippen LogP contribution is 2.45.